The third-order valence-corrected chi connectivity index (χ3v) is 5.63. The highest BCUT2D eigenvalue weighted by atomic mass is 16.6. The van der Waals surface area contributed by atoms with Crippen LogP contribution in [0.15, 0.2) is 76.4 Å². The summed E-state index contributed by atoms with van der Waals surface area (Å²) in [5.41, 5.74) is 3.37. The molecule has 1 aromatic heterocycles. The maximum atomic E-state index is 12.9. The molecule has 180 valence electrons. The Hall–Kier alpha value is -4.20. The van der Waals surface area contributed by atoms with Gasteiger partial charge in [0.1, 0.15) is 17.6 Å². The second-order valence-electron chi connectivity index (χ2n) is 8.14. The van der Waals surface area contributed by atoms with E-state index in [1.54, 1.807) is 49.6 Å². The summed E-state index contributed by atoms with van der Waals surface area (Å²) < 4.78 is 16.1. The molecule has 0 aliphatic carbocycles. The largest absolute Gasteiger partial charge is 0.482 e. The van der Waals surface area contributed by atoms with E-state index in [-0.39, 0.29) is 12.4 Å². The van der Waals surface area contributed by atoms with Crippen molar-refractivity contribution in [2.45, 2.75) is 32.7 Å². The summed E-state index contributed by atoms with van der Waals surface area (Å²) in [6, 6.07) is 17.5. The van der Waals surface area contributed by atoms with Crippen molar-refractivity contribution in [1.82, 2.24) is 5.01 Å². The number of furan rings is 1. The summed E-state index contributed by atoms with van der Waals surface area (Å²) in [6.07, 6.45) is 2.44. The lowest BCUT2D eigenvalue weighted by molar-refractivity contribution is -0.154. The Morgan fingerprint density at radius 2 is 1.77 bits per heavy atom. The van der Waals surface area contributed by atoms with Gasteiger partial charge in [0.25, 0.3) is 5.91 Å². The quantitative estimate of drug-likeness (QED) is 0.335. The van der Waals surface area contributed by atoms with E-state index in [4.69, 9.17) is 13.9 Å². The van der Waals surface area contributed by atoms with Gasteiger partial charge in [0.15, 0.2) is 19.0 Å². The molecule has 1 atom stereocenters. The molecule has 8 heteroatoms. The van der Waals surface area contributed by atoms with Crippen LogP contribution in [-0.4, -0.2) is 41.6 Å². The minimum atomic E-state index is -0.691. The summed E-state index contributed by atoms with van der Waals surface area (Å²) in [4.78, 5) is 36.8. The van der Waals surface area contributed by atoms with Crippen LogP contribution >= 0.6 is 0 Å². The Kier molecular flexibility index (Phi) is 7.40. The van der Waals surface area contributed by atoms with Gasteiger partial charge in [-0.2, -0.15) is 5.10 Å². The van der Waals surface area contributed by atoms with Crippen LogP contribution in [0.2, 0.25) is 0 Å². The average molecular weight is 475 g/mol. The van der Waals surface area contributed by atoms with Gasteiger partial charge < -0.3 is 13.9 Å². The molecule has 0 radical (unpaired) electrons. The van der Waals surface area contributed by atoms with Crippen LogP contribution < -0.4 is 4.74 Å². The van der Waals surface area contributed by atoms with Crippen molar-refractivity contribution in [1.29, 1.82) is 0 Å². The highest BCUT2D eigenvalue weighted by Gasteiger charge is 2.35. The number of aryl methyl sites for hydroxylation is 1. The zero-order valence-corrected chi connectivity index (χ0v) is 19.6. The fourth-order valence-electron chi connectivity index (χ4n) is 3.70. The number of benzene rings is 2. The van der Waals surface area contributed by atoms with E-state index in [9.17, 15) is 14.4 Å². The summed E-state index contributed by atoms with van der Waals surface area (Å²) in [7, 11) is 0. The molecule has 0 bridgehead atoms. The van der Waals surface area contributed by atoms with Crippen molar-refractivity contribution in [3.05, 3.63) is 89.4 Å². The average Bonchev–Trinajstić information content (AvgIpc) is 3.57. The fourth-order valence-corrected chi connectivity index (χ4v) is 3.70. The van der Waals surface area contributed by atoms with Crippen LogP contribution in [0.3, 0.4) is 0 Å². The number of hydrazone groups is 1. The molecular formula is C27H26N2O6. The molecule has 35 heavy (non-hydrogen) atoms. The summed E-state index contributed by atoms with van der Waals surface area (Å²) in [5.74, 6) is -0.111. The summed E-state index contributed by atoms with van der Waals surface area (Å²) in [5, 5.41) is 5.83. The lowest BCUT2D eigenvalue weighted by atomic mass is 10.0. The molecule has 4 rings (SSSR count). The number of nitrogens with zero attached hydrogens (tertiary/aromatic N) is 2. The van der Waals surface area contributed by atoms with Crippen LogP contribution in [0.1, 0.15) is 53.1 Å². The third-order valence-electron chi connectivity index (χ3n) is 5.63. The van der Waals surface area contributed by atoms with Crippen LogP contribution in [-0.2, 0) is 14.3 Å². The molecule has 0 saturated carbocycles. The Morgan fingerprint density at radius 3 is 2.43 bits per heavy atom. The molecule has 2 aromatic carbocycles. The lowest BCUT2D eigenvalue weighted by Crippen LogP contribution is -2.32. The van der Waals surface area contributed by atoms with E-state index >= 15 is 0 Å². The predicted octanol–water partition coefficient (Wildman–Crippen LogP) is 4.48. The van der Waals surface area contributed by atoms with Gasteiger partial charge in [0, 0.05) is 18.4 Å². The van der Waals surface area contributed by atoms with Gasteiger partial charge in [0.05, 0.1) is 12.0 Å². The van der Waals surface area contributed by atoms with Crippen LogP contribution in [0.5, 0.6) is 5.75 Å². The van der Waals surface area contributed by atoms with E-state index < -0.39 is 24.5 Å². The van der Waals surface area contributed by atoms with Gasteiger partial charge in [-0.3, -0.25) is 9.59 Å². The normalized spacial score (nSPS) is 15.0. The van der Waals surface area contributed by atoms with Crippen LogP contribution in [0.4, 0.5) is 0 Å². The van der Waals surface area contributed by atoms with Gasteiger partial charge in [-0.05, 0) is 48.9 Å². The number of carbonyl (C=O) groups is 3. The maximum absolute atomic E-state index is 12.9. The molecule has 8 nitrogen and oxygen atoms in total. The first-order valence-electron chi connectivity index (χ1n) is 11.4. The molecule has 1 amide bonds. The van der Waals surface area contributed by atoms with Crippen molar-refractivity contribution < 1.29 is 28.3 Å². The number of carbonyl (C=O) groups excluding carboxylic acids is 3. The molecule has 0 saturated heterocycles. The van der Waals surface area contributed by atoms with E-state index in [2.05, 4.69) is 5.10 Å². The zero-order chi connectivity index (χ0) is 24.8. The molecule has 1 aliphatic rings. The molecular weight excluding hydrogens is 448 g/mol. The smallest absolute Gasteiger partial charge is 0.344 e. The van der Waals surface area contributed by atoms with Crippen LogP contribution in [0, 0.1) is 6.92 Å². The van der Waals surface area contributed by atoms with Crippen molar-refractivity contribution in [3.63, 3.8) is 0 Å². The first-order valence-corrected chi connectivity index (χ1v) is 11.4. The number of amides is 1. The number of ether oxygens (including phenoxy) is 2. The standard InChI is InChI=1S/C27H26N2O6/c1-3-24(30)20-10-12-21(13-11-20)34-17-27(32)35-16-26(31)29-23(25-5-4-14-33-25)15-22(28-29)19-8-6-18(2)7-9-19/h4-14,23H,3,15-17H2,1-2H3. The first-order chi connectivity index (χ1) is 16.9. The van der Waals surface area contributed by atoms with Gasteiger partial charge in [0.2, 0.25) is 0 Å². The molecule has 3 aromatic rings. The summed E-state index contributed by atoms with van der Waals surface area (Å²) >= 11 is 0. The Labute approximate surface area is 203 Å². The Balaban J connectivity index is 1.35. The van der Waals surface area contributed by atoms with Crippen molar-refractivity contribution in [2.75, 3.05) is 13.2 Å². The maximum Gasteiger partial charge on any atom is 0.344 e. The molecule has 0 spiro atoms. The SMILES string of the molecule is CCC(=O)c1ccc(OCC(=O)OCC(=O)N2N=C(c3ccc(C)cc3)CC2c2ccco2)cc1. The number of Topliss-reactive ketones (excluding diaryl/α,β-unsaturated/α-hetero) is 1. The second kappa shape index (κ2) is 10.8. The monoisotopic (exact) mass is 474 g/mol. The third kappa shape index (κ3) is 5.84. The van der Waals surface area contributed by atoms with Crippen molar-refractivity contribution in [2.24, 2.45) is 5.10 Å². The lowest BCUT2D eigenvalue weighted by Gasteiger charge is -2.19. The number of rotatable bonds is 9. The molecule has 0 fully saturated rings. The minimum absolute atomic E-state index is 0.0254. The Morgan fingerprint density at radius 1 is 1.03 bits per heavy atom. The van der Waals surface area contributed by atoms with Crippen LogP contribution in [0.25, 0.3) is 0 Å². The fraction of sp³-hybridized carbons (Fsp3) is 0.259. The molecule has 1 unspecified atom stereocenters. The topological polar surface area (TPSA) is 98.4 Å². The first kappa shape index (κ1) is 23.9. The minimum Gasteiger partial charge on any atom is -0.482 e. The molecule has 0 N–H and O–H groups in total. The van der Waals surface area contributed by atoms with Gasteiger partial charge in [-0.1, -0.05) is 36.8 Å². The van der Waals surface area contributed by atoms with E-state index in [0.29, 0.717) is 29.9 Å². The van der Waals surface area contributed by atoms with E-state index in [0.717, 1.165) is 16.8 Å². The zero-order valence-electron chi connectivity index (χ0n) is 19.6. The van der Waals surface area contributed by atoms with Gasteiger partial charge >= 0.3 is 5.97 Å². The van der Waals surface area contributed by atoms with Crippen molar-refractivity contribution in [3.8, 4) is 5.75 Å². The number of hydrogen-bond acceptors (Lipinski definition) is 7. The summed E-state index contributed by atoms with van der Waals surface area (Å²) in [6.45, 7) is 2.95. The second-order valence-corrected chi connectivity index (χ2v) is 8.14. The van der Waals surface area contributed by atoms with Crippen molar-refractivity contribution >= 4 is 23.4 Å². The Bertz CT molecular complexity index is 1210. The molecule has 2 heterocycles. The number of ketones is 1. The van der Waals surface area contributed by atoms with E-state index in [1.807, 2.05) is 31.2 Å². The highest BCUT2D eigenvalue weighted by molar-refractivity contribution is 6.03. The predicted molar refractivity (Wildman–Crippen MR) is 128 cm³/mol. The molecule has 1 aliphatic heterocycles. The van der Waals surface area contributed by atoms with Gasteiger partial charge in [-0.15, -0.1) is 0 Å². The van der Waals surface area contributed by atoms with Gasteiger partial charge in [-0.25, -0.2) is 9.80 Å². The number of esters is 1. The van der Waals surface area contributed by atoms with E-state index in [1.165, 1.54) is 5.01 Å². The number of hydrogen-bond donors (Lipinski definition) is 0. The highest BCUT2D eigenvalue weighted by Crippen LogP contribution is 2.33.